The lowest BCUT2D eigenvalue weighted by molar-refractivity contribution is -0.118. The Kier molecular flexibility index (Phi) is 8.70. The van der Waals surface area contributed by atoms with Crippen LogP contribution in [0.4, 0.5) is 4.39 Å². The van der Waals surface area contributed by atoms with E-state index in [1.165, 1.54) is 23.5 Å². The second-order valence-corrected chi connectivity index (χ2v) is 10.4. The van der Waals surface area contributed by atoms with Gasteiger partial charge in [0.25, 0.3) is 0 Å². The number of amides is 1. The molecule has 0 fully saturated rings. The van der Waals surface area contributed by atoms with Crippen molar-refractivity contribution in [1.82, 2.24) is 4.57 Å². The van der Waals surface area contributed by atoms with Gasteiger partial charge in [-0.05, 0) is 55.8 Å². The number of fused-ring (bicyclic) bond motifs is 1. The van der Waals surface area contributed by atoms with Gasteiger partial charge in [0.05, 0.1) is 39.6 Å². The number of ether oxygens (including phenoxy) is 2. The first-order chi connectivity index (χ1) is 16.2. The molecule has 0 spiro atoms. The van der Waals surface area contributed by atoms with Gasteiger partial charge < -0.3 is 14.0 Å². The molecule has 0 atom stereocenters. The van der Waals surface area contributed by atoms with Crippen LogP contribution in [0, 0.1) is 5.82 Å². The third-order valence-corrected chi connectivity index (χ3v) is 7.77. The zero-order valence-corrected chi connectivity index (χ0v) is 20.5. The van der Waals surface area contributed by atoms with Gasteiger partial charge in [-0.25, -0.2) is 17.6 Å². The van der Waals surface area contributed by atoms with Crippen LogP contribution in [-0.4, -0.2) is 50.9 Å². The minimum atomic E-state index is -3.63. The van der Waals surface area contributed by atoms with Gasteiger partial charge in [-0.15, -0.1) is 0 Å². The van der Waals surface area contributed by atoms with E-state index in [1.54, 1.807) is 32.2 Å². The molecule has 8 nitrogen and oxygen atoms in total. The summed E-state index contributed by atoms with van der Waals surface area (Å²) in [6.07, 6.45) is 0.0189. The Hall–Kier alpha value is -2.89. The highest BCUT2D eigenvalue weighted by molar-refractivity contribution is 7.91. The van der Waals surface area contributed by atoms with E-state index in [1.807, 2.05) is 4.57 Å². The Balaban J connectivity index is 1.79. The molecule has 3 aromatic rings. The maximum absolute atomic E-state index is 13.0. The number of carbonyl (C=O) groups is 2. The van der Waals surface area contributed by atoms with E-state index in [9.17, 15) is 22.4 Å². The first kappa shape index (κ1) is 25.7. The molecule has 3 rings (SSSR count). The van der Waals surface area contributed by atoms with Gasteiger partial charge in [-0.2, -0.15) is 4.99 Å². The molecular weight excluding hydrogens is 483 g/mol. The third-order valence-electron chi connectivity index (χ3n) is 4.91. The first-order valence-corrected chi connectivity index (χ1v) is 13.1. The largest absolute Gasteiger partial charge is 0.462 e. The van der Waals surface area contributed by atoms with Crippen molar-refractivity contribution < 1.29 is 31.9 Å². The molecule has 2 aromatic carbocycles. The number of sulfone groups is 1. The molecule has 0 unspecified atom stereocenters. The van der Waals surface area contributed by atoms with Crippen LogP contribution in [0.15, 0.2) is 52.4 Å². The van der Waals surface area contributed by atoms with Gasteiger partial charge >= 0.3 is 5.97 Å². The summed E-state index contributed by atoms with van der Waals surface area (Å²) < 4.78 is 50.6. The lowest BCUT2D eigenvalue weighted by Crippen LogP contribution is -2.19. The number of aromatic nitrogens is 1. The van der Waals surface area contributed by atoms with E-state index in [0.717, 1.165) is 22.3 Å². The van der Waals surface area contributed by atoms with Gasteiger partial charge in [0.1, 0.15) is 5.82 Å². The number of hydrogen-bond acceptors (Lipinski definition) is 7. The second-order valence-electron chi connectivity index (χ2n) is 7.31. The molecule has 182 valence electrons. The number of hydrogen-bond donors (Lipinski definition) is 0. The lowest BCUT2D eigenvalue weighted by Gasteiger charge is -2.05. The predicted molar refractivity (Wildman–Crippen MR) is 126 cm³/mol. The fourth-order valence-electron chi connectivity index (χ4n) is 3.23. The Labute approximate surface area is 200 Å². The van der Waals surface area contributed by atoms with Crippen LogP contribution in [0.3, 0.4) is 0 Å². The number of nitrogens with zero attached hydrogens (tertiary/aromatic N) is 2. The molecule has 0 aliphatic heterocycles. The number of carbonyl (C=O) groups excluding carboxylic acids is 2. The van der Waals surface area contributed by atoms with Crippen molar-refractivity contribution in [3.05, 3.63) is 58.6 Å². The predicted octanol–water partition coefficient (Wildman–Crippen LogP) is 3.35. The molecule has 0 saturated carbocycles. The van der Waals surface area contributed by atoms with E-state index < -0.39 is 27.5 Å². The van der Waals surface area contributed by atoms with Gasteiger partial charge in [0.2, 0.25) is 5.91 Å². The van der Waals surface area contributed by atoms with Crippen molar-refractivity contribution in [2.45, 2.75) is 31.2 Å². The van der Waals surface area contributed by atoms with E-state index in [0.29, 0.717) is 23.5 Å². The smallest absolute Gasteiger partial charge is 0.338 e. The van der Waals surface area contributed by atoms with E-state index in [4.69, 9.17) is 9.47 Å². The molecular formula is C23H25FN2O6S2. The molecule has 0 saturated heterocycles. The highest BCUT2D eigenvalue weighted by atomic mass is 32.2. The zero-order valence-electron chi connectivity index (χ0n) is 18.8. The monoisotopic (exact) mass is 508 g/mol. The molecule has 0 radical (unpaired) electrons. The number of thiazole rings is 1. The lowest BCUT2D eigenvalue weighted by atomic mass is 10.2. The Morgan fingerprint density at radius 2 is 1.88 bits per heavy atom. The number of esters is 1. The maximum atomic E-state index is 13.0. The Bertz CT molecular complexity index is 1340. The maximum Gasteiger partial charge on any atom is 0.338 e. The van der Waals surface area contributed by atoms with Crippen molar-refractivity contribution in [2.75, 3.05) is 26.1 Å². The van der Waals surface area contributed by atoms with Gasteiger partial charge in [-0.1, -0.05) is 11.3 Å². The van der Waals surface area contributed by atoms with Gasteiger partial charge in [0, 0.05) is 20.1 Å². The van der Waals surface area contributed by atoms with Crippen LogP contribution in [0.5, 0.6) is 0 Å². The average molecular weight is 509 g/mol. The van der Waals surface area contributed by atoms with Crippen molar-refractivity contribution >= 4 is 43.3 Å². The Morgan fingerprint density at radius 1 is 1.15 bits per heavy atom. The summed E-state index contributed by atoms with van der Waals surface area (Å²) in [6, 6.07) is 9.70. The van der Waals surface area contributed by atoms with Crippen LogP contribution in [0.2, 0.25) is 0 Å². The highest BCUT2D eigenvalue weighted by Gasteiger charge is 2.16. The fourth-order valence-corrected chi connectivity index (χ4v) is 5.66. The normalized spacial score (nSPS) is 12.3. The van der Waals surface area contributed by atoms with Crippen molar-refractivity contribution in [3.63, 3.8) is 0 Å². The van der Waals surface area contributed by atoms with Crippen LogP contribution in [-0.2, 0) is 30.7 Å². The SMILES string of the molecule is CCOC(=O)c1ccc2c(c1)sc(=NC(=O)CCCS(=O)(=O)c1ccc(F)cc1)n2CCOC. The first-order valence-electron chi connectivity index (χ1n) is 10.6. The van der Waals surface area contributed by atoms with E-state index in [-0.39, 0.29) is 30.1 Å². The number of methoxy groups -OCH3 is 1. The summed E-state index contributed by atoms with van der Waals surface area (Å²) in [5.74, 6) is -1.66. The minimum absolute atomic E-state index is 0.0117. The molecule has 1 aromatic heterocycles. The molecule has 0 aliphatic rings. The van der Waals surface area contributed by atoms with Crippen molar-refractivity contribution in [1.29, 1.82) is 0 Å². The van der Waals surface area contributed by atoms with Gasteiger partial charge in [0.15, 0.2) is 14.6 Å². The van der Waals surface area contributed by atoms with Crippen molar-refractivity contribution in [2.24, 2.45) is 4.99 Å². The topological polar surface area (TPSA) is 104 Å². The molecule has 0 bridgehead atoms. The number of benzene rings is 2. The summed E-state index contributed by atoms with van der Waals surface area (Å²) in [4.78, 5) is 29.2. The van der Waals surface area contributed by atoms with Crippen molar-refractivity contribution in [3.8, 4) is 0 Å². The third kappa shape index (κ3) is 6.37. The second kappa shape index (κ2) is 11.5. The molecule has 34 heavy (non-hydrogen) atoms. The van der Waals surface area contributed by atoms with E-state index >= 15 is 0 Å². The summed E-state index contributed by atoms with van der Waals surface area (Å²) in [5, 5.41) is 0. The zero-order chi connectivity index (χ0) is 24.7. The average Bonchev–Trinajstić information content (AvgIpc) is 3.13. The number of rotatable bonds is 10. The summed E-state index contributed by atoms with van der Waals surface area (Å²) in [7, 11) is -2.06. The Morgan fingerprint density at radius 3 is 2.56 bits per heavy atom. The summed E-state index contributed by atoms with van der Waals surface area (Å²) in [6.45, 7) is 2.83. The van der Waals surface area contributed by atoms with E-state index in [2.05, 4.69) is 4.99 Å². The fraction of sp³-hybridized carbons (Fsp3) is 0.348. The summed E-state index contributed by atoms with van der Waals surface area (Å²) in [5.41, 5.74) is 1.19. The van der Waals surface area contributed by atoms with Crippen LogP contribution < -0.4 is 4.80 Å². The molecule has 1 heterocycles. The molecule has 0 N–H and O–H groups in total. The molecule has 1 amide bonds. The quantitative estimate of drug-likeness (QED) is 0.307. The van der Waals surface area contributed by atoms with Crippen LogP contribution in [0.25, 0.3) is 10.2 Å². The minimum Gasteiger partial charge on any atom is -0.462 e. The van der Waals surface area contributed by atoms with Crippen LogP contribution in [0.1, 0.15) is 30.1 Å². The molecule has 0 aliphatic carbocycles. The number of halogens is 1. The standard InChI is InChI=1S/C23H25FN2O6S2/c1-3-32-22(28)16-6-11-19-20(15-16)33-23(26(19)12-13-31-2)25-21(27)5-4-14-34(29,30)18-9-7-17(24)8-10-18/h6-11,15H,3-5,12-14H2,1-2H3. The van der Waals surface area contributed by atoms with Crippen LogP contribution >= 0.6 is 11.3 Å². The molecule has 11 heteroatoms. The highest BCUT2D eigenvalue weighted by Crippen LogP contribution is 2.20. The summed E-state index contributed by atoms with van der Waals surface area (Å²) >= 11 is 1.25. The van der Waals surface area contributed by atoms with Gasteiger partial charge in [-0.3, -0.25) is 4.79 Å².